The van der Waals surface area contributed by atoms with Crippen molar-refractivity contribution in [1.82, 2.24) is 29.4 Å². The van der Waals surface area contributed by atoms with Crippen molar-refractivity contribution in [3.8, 4) is 0 Å². The SMILES string of the molecule is CCc1c(C)sc2ncn3nc(CCn4nc([N+](=O)[O-])cc4C)nc3c12. The number of nitro groups is 1. The first kappa shape index (κ1) is 16.6. The first-order valence-electron chi connectivity index (χ1n) is 8.29. The lowest BCUT2D eigenvalue weighted by molar-refractivity contribution is -0.389. The van der Waals surface area contributed by atoms with E-state index in [0.717, 1.165) is 28.0 Å². The minimum atomic E-state index is -0.486. The van der Waals surface area contributed by atoms with E-state index >= 15 is 0 Å². The highest BCUT2D eigenvalue weighted by Gasteiger charge is 2.18. The van der Waals surface area contributed by atoms with Crippen LogP contribution in [-0.4, -0.2) is 34.3 Å². The number of rotatable bonds is 5. The Kier molecular flexibility index (Phi) is 3.91. The van der Waals surface area contributed by atoms with Gasteiger partial charge in [0, 0.05) is 11.3 Å². The van der Waals surface area contributed by atoms with Crippen molar-refractivity contribution < 1.29 is 4.92 Å². The van der Waals surface area contributed by atoms with Crippen molar-refractivity contribution >= 4 is 33.0 Å². The monoisotopic (exact) mass is 371 g/mol. The van der Waals surface area contributed by atoms with Gasteiger partial charge in [-0.3, -0.25) is 0 Å². The van der Waals surface area contributed by atoms with Gasteiger partial charge in [0.15, 0.2) is 11.5 Å². The summed E-state index contributed by atoms with van der Waals surface area (Å²) in [6.07, 6.45) is 3.15. The molecule has 0 bridgehead atoms. The highest BCUT2D eigenvalue weighted by Crippen LogP contribution is 2.31. The van der Waals surface area contributed by atoms with Gasteiger partial charge in [-0.05, 0) is 30.8 Å². The van der Waals surface area contributed by atoms with Crippen molar-refractivity contribution in [2.24, 2.45) is 0 Å². The van der Waals surface area contributed by atoms with E-state index in [1.54, 1.807) is 33.8 Å². The highest BCUT2D eigenvalue weighted by molar-refractivity contribution is 7.18. The Morgan fingerprint density at radius 3 is 2.81 bits per heavy atom. The second-order valence-electron chi connectivity index (χ2n) is 6.09. The zero-order valence-corrected chi connectivity index (χ0v) is 15.4. The fourth-order valence-electron chi connectivity index (χ4n) is 3.16. The molecule has 0 saturated carbocycles. The average Bonchev–Trinajstić information content (AvgIpc) is 3.26. The van der Waals surface area contributed by atoms with Crippen LogP contribution < -0.4 is 0 Å². The predicted octanol–water partition coefficient (Wildman–Crippen LogP) is 2.87. The normalized spacial score (nSPS) is 11.7. The van der Waals surface area contributed by atoms with Crippen LogP contribution in [0.25, 0.3) is 15.9 Å². The standard InChI is InChI=1S/C16H17N7O2S/c1-4-11-10(3)26-16-14(11)15-18-12(19-22(15)8-17-16)5-6-21-9(2)7-13(20-21)23(24)25/h7-8H,4-6H2,1-3H3. The van der Waals surface area contributed by atoms with Crippen LogP contribution in [0.3, 0.4) is 0 Å². The van der Waals surface area contributed by atoms with Crippen molar-refractivity contribution in [1.29, 1.82) is 0 Å². The molecule has 10 heteroatoms. The average molecular weight is 371 g/mol. The third-order valence-electron chi connectivity index (χ3n) is 4.43. The van der Waals surface area contributed by atoms with Crippen LogP contribution in [0.1, 0.15) is 28.9 Å². The summed E-state index contributed by atoms with van der Waals surface area (Å²) in [6.45, 7) is 6.51. The van der Waals surface area contributed by atoms with Crippen molar-refractivity contribution in [2.75, 3.05) is 0 Å². The summed E-state index contributed by atoms with van der Waals surface area (Å²) < 4.78 is 3.32. The molecule has 4 rings (SSSR count). The van der Waals surface area contributed by atoms with Crippen LogP contribution in [0, 0.1) is 24.0 Å². The molecule has 4 aromatic rings. The molecular formula is C16H17N7O2S. The molecule has 4 heterocycles. The van der Waals surface area contributed by atoms with E-state index in [0.29, 0.717) is 18.8 Å². The lowest BCUT2D eigenvalue weighted by Gasteiger charge is -1.96. The second-order valence-corrected chi connectivity index (χ2v) is 7.29. The summed E-state index contributed by atoms with van der Waals surface area (Å²) in [6, 6.07) is 1.46. The lowest BCUT2D eigenvalue weighted by atomic mass is 10.1. The van der Waals surface area contributed by atoms with Crippen LogP contribution in [0.5, 0.6) is 0 Å². The molecule has 0 spiro atoms. The molecule has 0 atom stereocenters. The van der Waals surface area contributed by atoms with Crippen LogP contribution in [-0.2, 0) is 19.4 Å². The van der Waals surface area contributed by atoms with Crippen LogP contribution in [0.15, 0.2) is 12.4 Å². The van der Waals surface area contributed by atoms with Gasteiger partial charge in [-0.2, -0.15) is 4.68 Å². The van der Waals surface area contributed by atoms with Crippen molar-refractivity contribution in [2.45, 2.75) is 40.2 Å². The molecule has 0 amide bonds. The summed E-state index contributed by atoms with van der Waals surface area (Å²) in [5.74, 6) is 0.528. The first-order chi connectivity index (χ1) is 12.5. The molecule has 134 valence electrons. The minimum absolute atomic E-state index is 0.141. The smallest absolute Gasteiger partial charge is 0.358 e. The summed E-state index contributed by atoms with van der Waals surface area (Å²) in [5.41, 5.74) is 2.82. The summed E-state index contributed by atoms with van der Waals surface area (Å²) in [5, 5.41) is 20.4. The maximum atomic E-state index is 10.8. The van der Waals surface area contributed by atoms with Gasteiger partial charge >= 0.3 is 5.82 Å². The molecule has 0 fully saturated rings. The molecule has 9 nitrogen and oxygen atoms in total. The third-order valence-corrected chi connectivity index (χ3v) is 5.49. The Balaban J connectivity index is 1.67. The summed E-state index contributed by atoms with van der Waals surface area (Å²) in [7, 11) is 0. The number of hydrogen-bond acceptors (Lipinski definition) is 7. The number of aryl methyl sites for hydroxylation is 5. The van der Waals surface area contributed by atoms with E-state index < -0.39 is 4.92 Å². The van der Waals surface area contributed by atoms with E-state index in [2.05, 4.69) is 29.0 Å². The second kappa shape index (κ2) is 6.13. The maximum absolute atomic E-state index is 10.8. The fraction of sp³-hybridized carbons (Fsp3) is 0.375. The topological polar surface area (TPSA) is 104 Å². The Morgan fingerprint density at radius 1 is 1.31 bits per heavy atom. The van der Waals surface area contributed by atoms with Gasteiger partial charge in [0.1, 0.15) is 11.2 Å². The molecule has 0 N–H and O–H groups in total. The maximum Gasteiger partial charge on any atom is 0.390 e. The molecular weight excluding hydrogens is 354 g/mol. The minimum Gasteiger partial charge on any atom is -0.358 e. The number of thiophene rings is 1. The largest absolute Gasteiger partial charge is 0.390 e. The van der Waals surface area contributed by atoms with Crippen molar-refractivity contribution in [3.05, 3.63) is 44.5 Å². The highest BCUT2D eigenvalue weighted by atomic mass is 32.1. The molecule has 0 aliphatic heterocycles. The van der Waals surface area contributed by atoms with Gasteiger partial charge in [-0.25, -0.2) is 14.5 Å². The Hall–Kier alpha value is -2.88. The molecule has 0 aliphatic carbocycles. The number of nitrogens with zero attached hydrogens (tertiary/aromatic N) is 7. The van der Waals surface area contributed by atoms with Gasteiger partial charge < -0.3 is 10.1 Å². The zero-order chi connectivity index (χ0) is 18.4. The Morgan fingerprint density at radius 2 is 2.12 bits per heavy atom. The van der Waals surface area contributed by atoms with Crippen LogP contribution >= 0.6 is 11.3 Å². The zero-order valence-electron chi connectivity index (χ0n) is 14.6. The number of aromatic nitrogens is 6. The van der Waals surface area contributed by atoms with Crippen molar-refractivity contribution in [3.63, 3.8) is 0 Å². The Bertz CT molecular complexity index is 1140. The molecule has 0 radical (unpaired) electrons. The summed E-state index contributed by atoms with van der Waals surface area (Å²) >= 11 is 1.67. The van der Waals surface area contributed by atoms with Gasteiger partial charge in [-0.15, -0.1) is 16.4 Å². The third kappa shape index (κ3) is 2.62. The summed E-state index contributed by atoms with van der Waals surface area (Å²) in [4.78, 5) is 21.8. The predicted molar refractivity (Wildman–Crippen MR) is 97.6 cm³/mol. The fourth-order valence-corrected chi connectivity index (χ4v) is 4.23. The molecule has 26 heavy (non-hydrogen) atoms. The van der Waals surface area contributed by atoms with E-state index in [9.17, 15) is 10.1 Å². The molecule has 0 aromatic carbocycles. The van der Waals surface area contributed by atoms with Crippen LogP contribution in [0.4, 0.5) is 5.82 Å². The van der Waals surface area contributed by atoms with Gasteiger partial charge in [0.2, 0.25) is 0 Å². The molecule has 0 aliphatic rings. The first-order valence-corrected chi connectivity index (χ1v) is 9.10. The van der Waals surface area contributed by atoms with Gasteiger partial charge in [0.25, 0.3) is 0 Å². The van der Waals surface area contributed by atoms with Gasteiger partial charge in [-0.1, -0.05) is 6.92 Å². The molecule has 0 saturated heterocycles. The van der Waals surface area contributed by atoms with E-state index in [-0.39, 0.29) is 5.82 Å². The number of fused-ring (bicyclic) bond motifs is 3. The van der Waals surface area contributed by atoms with Crippen LogP contribution in [0.2, 0.25) is 0 Å². The van der Waals surface area contributed by atoms with Gasteiger partial charge in [0.05, 0.1) is 28.8 Å². The number of hydrogen-bond donors (Lipinski definition) is 0. The molecule has 0 unspecified atom stereocenters. The van der Waals surface area contributed by atoms with E-state index in [1.807, 2.05) is 0 Å². The van der Waals surface area contributed by atoms with E-state index in [4.69, 9.17) is 4.98 Å². The van der Waals surface area contributed by atoms with E-state index in [1.165, 1.54) is 16.5 Å². The Labute approximate surface area is 152 Å². The lowest BCUT2D eigenvalue weighted by Crippen LogP contribution is -2.06. The quantitative estimate of drug-likeness (QED) is 0.395. The molecule has 4 aromatic heterocycles.